The predicted octanol–water partition coefficient (Wildman–Crippen LogP) is 2.98. The number of hydrogen-bond donors (Lipinski definition) is 2. The Hall–Kier alpha value is -2.91. The smallest absolute Gasteiger partial charge is 0.251 e. The fourth-order valence-corrected chi connectivity index (χ4v) is 5.56. The van der Waals surface area contributed by atoms with Crippen molar-refractivity contribution in [2.45, 2.75) is 44.6 Å². The average Bonchev–Trinajstić information content (AvgIpc) is 2.86. The Morgan fingerprint density at radius 2 is 1.63 bits per heavy atom. The van der Waals surface area contributed by atoms with Crippen molar-refractivity contribution in [3.63, 3.8) is 0 Å². The van der Waals surface area contributed by atoms with Crippen LogP contribution in [0.25, 0.3) is 0 Å². The van der Waals surface area contributed by atoms with E-state index >= 15 is 0 Å². The number of carbonyl (C=O) groups excluding carboxylic acids is 2. The first-order valence-corrected chi connectivity index (χ1v) is 13.3. The second-order valence-corrected chi connectivity index (χ2v) is 11.3. The fraction of sp³-hybridized carbons (Fsp3) is 0.462. The number of carbonyl (C=O) groups is 2. The van der Waals surface area contributed by atoms with Gasteiger partial charge in [0.05, 0.1) is 12.0 Å². The van der Waals surface area contributed by atoms with Crippen LogP contribution >= 0.6 is 0 Å². The Balaban J connectivity index is 1.72. The Bertz CT molecular complexity index is 1110. The molecule has 0 radical (unpaired) electrons. The Morgan fingerprint density at radius 1 is 1.03 bits per heavy atom. The molecule has 1 aliphatic heterocycles. The molecule has 2 aromatic carbocycles. The largest absolute Gasteiger partial charge is 0.497 e. The lowest BCUT2D eigenvalue weighted by Gasteiger charge is -2.35. The molecule has 1 aliphatic rings. The van der Waals surface area contributed by atoms with Crippen molar-refractivity contribution in [3.8, 4) is 5.75 Å². The number of ether oxygens (including phenoxy) is 1. The summed E-state index contributed by atoms with van der Waals surface area (Å²) in [5, 5.41) is 5.82. The predicted molar refractivity (Wildman–Crippen MR) is 135 cm³/mol. The summed E-state index contributed by atoms with van der Waals surface area (Å²) >= 11 is 0. The Morgan fingerprint density at radius 3 is 2.17 bits per heavy atom. The lowest BCUT2D eigenvalue weighted by molar-refractivity contribution is -0.124. The van der Waals surface area contributed by atoms with E-state index in [1.54, 1.807) is 55.6 Å². The van der Waals surface area contributed by atoms with E-state index < -0.39 is 16.1 Å². The highest BCUT2D eigenvalue weighted by Gasteiger charge is 2.36. The summed E-state index contributed by atoms with van der Waals surface area (Å²) in [6.45, 7) is 6.97. The van der Waals surface area contributed by atoms with Crippen LogP contribution in [-0.2, 0) is 14.8 Å². The quantitative estimate of drug-likeness (QED) is 0.550. The molecular weight excluding hydrogens is 466 g/mol. The van der Waals surface area contributed by atoms with Gasteiger partial charge in [-0.1, -0.05) is 31.5 Å². The van der Waals surface area contributed by atoms with E-state index in [-0.39, 0.29) is 41.6 Å². The van der Waals surface area contributed by atoms with Crippen LogP contribution in [0, 0.1) is 18.8 Å². The van der Waals surface area contributed by atoms with Gasteiger partial charge >= 0.3 is 0 Å². The van der Waals surface area contributed by atoms with E-state index in [0.29, 0.717) is 30.7 Å². The molecular formula is C26H35N3O5S. The SMILES string of the molecule is COc1ccc(C(=O)NC(C(=O)NCC(C)C)C2CCN(S(=O)(=O)c3ccc(C)cc3)CC2)cc1. The molecule has 1 unspecified atom stereocenters. The van der Waals surface area contributed by atoms with Gasteiger partial charge in [-0.05, 0) is 68.0 Å². The normalized spacial score (nSPS) is 16.0. The van der Waals surface area contributed by atoms with Gasteiger partial charge in [0.15, 0.2) is 0 Å². The molecule has 0 aromatic heterocycles. The first-order valence-electron chi connectivity index (χ1n) is 11.9. The van der Waals surface area contributed by atoms with Crippen molar-refractivity contribution >= 4 is 21.8 Å². The van der Waals surface area contributed by atoms with Gasteiger partial charge in [0, 0.05) is 25.2 Å². The second-order valence-electron chi connectivity index (χ2n) is 9.37. The monoisotopic (exact) mass is 501 g/mol. The van der Waals surface area contributed by atoms with Gasteiger partial charge in [0.1, 0.15) is 11.8 Å². The van der Waals surface area contributed by atoms with Gasteiger partial charge in [-0.2, -0.15) is 4.31 Å². The summed E-state index contributed by atoms with van der Waals surface area (Å²) in [5.74, 6) is 0.106. The molecule has 1 saturated heterocycles. The maximum absolute atomic E-state index is 13.1. The Labute approximate surface area is 208 Å². The minimum atomic E-state index is -3.61. The molecule has 9 heteroatoms. The number of piperidine rings is 1. The van der Waals surface area contributed by atoms with Crippen LogP contribution in [0.4, 0.5) is 0 Å². The van der Waals surface area contributed by atoms with Crippen molar-refractivity contribution in [2.75, 3.05) is 26.7 Å². The molecule has 3 rings (SSSR count). The summed E-state index contributed by atoms with van der Waals surface area (Å²) < 4.78 is 32.7. The number of amides is 2. The minimum absolute atomic E-state index is 0.186. The van der Waals surface area contributed by atoms with Crippen LogP contribution in [0.3, 0.4) is 0 Å². The summed E-state index contributed by atoms with van der Waals surface area (Å²) in [7, 11) is -2.06. The zero-order valence-corrected chi connectivity index (χ0v) is 21.6. The molecule has 1 atom stereocenters. The van der Waals surface area contributed by atoms with Gasteiger partial charge < -0.3 is 15.4 Å². The number of sulfonamides is 1. The molecule has 0 aliphatic carbocycles. The molecule has 0 bridgehead atoms. The van der Waals surface area contributed by atoms with Crippen LogP contribution in [0.2, 0.25) is 0 Å². The lowest BCUT2D eigenvalue weighted by atomic mass is 9.89. The highest BCUT2D eigenvalue weighted by molar-refractivity contribution is 7.89. The highest BCUT2D eigenvalue weighted by atomic mass is 32.2. The highest BCUT2D eigenvalue weighted by Crippen LogP contribution is 2.26. The van der Waals surface area contributed by atoms with Crippen molar-refractivity contribution < 1.29 is 22.7 Å². The van der Waals surface area contributed by atoms with Gasteiger partial charge in [0.25, 0.3) is 5.91 Å². The van der Waals surface area contributed by atoms with Crippen LogP contribution < -0.4 is 15.4 Å². The third-order valence-electron chi connectivity index (χ3n) is 6.23. The molecule has 1 fully saturated rings. The molecule has 190 valence electrons. The zero-order valence-electron chi connectivity index (χ0n) is 20.8. The molecule has 0 spiro atoms. The molecule has 1 heterocycles. The summed E-state index contributed by atoms with van der Waals surface area (Å²) in [4.78, 5) is 26.3. The number of hydrogen-bond acceptors (Lipinski definition) is 5. The minimum Gasteiger partial charge on any atom is -0.497 e. The molecule has 8 nitrogen and oxygen atoms in total. The maximum atomic E-state index is 13.1. The fourth-order valence-electron chi connectivity index (χ4n) is 4.09. The summed E-state index contributed by atoms with van der Waals surface area (Å²) in [6.07, 6.45) is 0.932. The number of rotatable bonds is 9. The molecule has 35 heavy (non-hydrogen) atoms. The zero-order chi connectivity index (χ0) is 25.6. The number of nitrogens with zero attached hydrogens (tertiary/aromatic N) is 1. The van der Waals surface area contributed by atoms with E-state index in [1.807, 2.05) is 20.8 Å². The Kier molecular flexibility index (Phi) is 8.91. The number of benzene rings is 2. The van der Waals surface area contributed by atoms with Crippen LogP contribution in [0.15, 0.2) is 53.4 Å². The lowest BCUT2D eigenvalue weighted by Crippen LogP contribution is -2.54. The van der Waals surface area contributed by atoms with Gasteiger partial charge in [-0.25, -0.2) is 8.42 Å². The molecule has 0 saturated carbocycles. The van der Waals surface area contributed by atoms with E-state index in [1.165, 1.54) is 4.31 Å². The first-order chi connectivity index (χ1) is 16.6. The standard InChI is InChI=1S/C26H35N3O5S/c1-18(2)17-27-26(31)24(28-25(30)21-7-9-22(34-4)10-8-21)20-13-15-29(16-14-20)35(32,33)23-11-5-19(3)6-12-23/h5-12,18,20,24H,13-17H2,1-4H3,(H,27,31)(H,28,30). The van der Waals surface area contributed by atoms with E-state index in [2.05, 4.69) is 10.6 Å². The molecule has 2 amide bonds. The summed E-state index contributed by atoms with van der Waals surface area (Å²) in [6, 6.07) is 12.7. The number of methoxy groups -OCH3 is 1. The summed E-state index contributed by atoms with van der Waals surface area (Å²) in [5.41, 5.74) is 1.41. The van der Waals surface area contributed by atoms with Gasteiger partial charge in [-0.15, -0.1) is 0 Å². The van der Waals surface area contributed by atoms with Gasteiger partial charge in [0.2, 0.25) is 15.9 Å². The second kappa shape index (κ2) is 11.7. The number of aryl methyl sites for hydroxylation is 1. The van der Waals surface area contributed by atoms with E-state index in [4.69, 9.17) is 4.74 Å². The van der Waals surface area contributed by atoms with Crippen molar-refractivity contribution in [2.24, 2.45) is 11.8 Å². The topological polar surface area (TPSA) is 105 Å². The van der Waals surface area contributed by atoms with Crippen LogP contribution in [0.5, 0.6) is 5.75 Å². The van der Waals surface area contributed by atoms with E-state index in [0.717, 1.165) is 5.56 Å². The van der Waals surface area contributed by atoms with Crippen molar-refractivity contribution in [1.82, 2.24) is 14.9 Å². The molecule has 2 N–H and O–H groups in total. The average molecular weight is 502 g/mol. The van der Waals surface area contributed by atoms with Crippen molar-refractivity contribution in [3.05, 3.63) is 59.7 Å². The molecule has 2 aromatic rings. The van der Waals surface area contributed by atoms with Crippen LogP contribution in [0.1, 0.15) is 42.6 Å². The third kappa shape index (κ3) is 6.82. The van der Waals surface area contributed by atoms with Gasteiger partial charge in [-0.3, -0.25) is 9.59 Å². The van der Waals surface area contributed by atoms with Crippen LogP contribution in [-0.4, -0.2) is 57.3 Å². The maximum Gasteiger partial charge on any atom is 0.251 e. The van der Waals surface area contributed by atoms with Crippen molar-refractivity contribution in [1.29, 1.82) is 0 Å². The van der Waals surface area contributed by atoms with E-state index in [9.17, 15) is 18.0 Å². The number of nitrogens with one attached hydrogen (secondary N) is 2. The first kappa shape index (κ1) is 26.7. The third-order valence-corrected chi connectivity index (χ3v) is 8.15.